The second-order valence-corrected chi connectivity index (χ2v) is 3.39. The average Bonchev–Trinajstić information content (AvgIpc) is 2.08. The molecule has 0 aliphatic heterocycles. The Morgan fingerprint density at radius 2 is 1.67 bits per heavy atom. The molecule has 1 aromatic rings. The Labute approximate surface area is 91.6 Å². The largest absolute Gasteiger partial charge is 0.454 e. The van der Waals surface area contributed by atoms with Gasteiger partial charge in [-0.25, -0.2) is 4.39 Å². The van der Waals surface area contributed by atoms with Crippen molar-refractivity contribution in [1.82, 2.24) is 0 Å². The van der Waals surface area contributed by atoms with E-state index in [4.69, 9.17) is 23.2 Å². The number of carbonyl (C=O) groups excluding carboxylic acids is 1. The summed E-state index contributed by atoms with van der Waals surface area (Å²) in [6.45, 7) is 0. The SMILES string of the molecule is O=C(c1cc(F)c(Cl)cc1Cl)C(F)(F)F. The third-order valence-electron chi connectivity index (χ3n) is 1.51. The Balaban J connectivity index is 3.28. The van der Waals surface area contributed by atoms with Crippen molar-refractivity contribution in [3.8, 4) is 0 Å². The molecule has 15 heavy (non-hydrogen) atoms. The van der Waals surface area contributed by atoms with Crippen LogP contribution >= 0.6 is 23.2 Å². The monoisotopic (exact) mass is 260 g/mol. The van der Waals surface area contributed by atoms with Gasteiger partial charge in [-0.05, 0) is 12.1 Å². The number of alkyl halides is 3. The molecular weight excluding hydrogens is 259 g/mol. The van der Waals surface area contributed by atoms with Crippen LogP contribution in [0.4, 0.5) is 17.6 Å². The summed E-state index contributed by atoms with van der Waals surface area (Å²) in [4.78, 5) is 10.7. The first-order valence-corrected chi connectivity index (χ1v) is 4.25. The minimum atomic E-state index is -5.09. The highest BCUT2D eigenvalue weighted by molar-refractivity contribution is 6.37. The first-order valence-electron chi connectivity index (χ1n) is 3.49. The number of ketones is 1. The molecule has 0 heterocycles. The molecule has 0 saturated carbocycles. The molecule has 0 unspecified atom stereocenters. The van der Waals surface area contributed by atoms with Crippen LogP contribution in [0, 0.1) is 5.82 Å². The standard InChI is InChI=1S/C8H2Cl2F4O/c9-4-2-5(10)6(11)1-3(4)7(15)8(12,13)14/h1-2H. The van der Waals surface area contributed by atoms with E-state index >= 15 is 0 Å². The molecule has 82 valence electrons. The van der Waals surface area contributed by atoms with E-state index in [-0.39, 0.29) is 0 Å². The maximum absolute atomic E-state index is 12.8. The van der Waals surface area contributed by atoms with Crippen molar-refractivity contribution in [3.63, 3.8) is 0 Å². The van der Waals surface area contributed by atoms with Crippen molar-refractivity contribution in [2.45, 2.75) is 6.18 Å². The van der Waals surface area contributed by atoms with Crippen LogP contribution in [0.5, 0.6) is 0 Å². The van der Waals surface area contributed by atoms with E-state index < -0.39 is 33.4 Å². The molecule has 0 atom stereocenters. The van der Waals surface area contributed by atoms with Crippen LogP contribution in [-0.2, 0) is 0 Å². The second kappa shape index (κ2) is 3.98. The minimum absolute atomic E-state index is 0.362. The summed E-state index contributed by atoms with van der Waals surface area (Å²) in [6, 6.07) is 1.11. The zero-order chi connectivity index (χ0) is 11.8. The molecule has 0 amide bonds. The van der Waals surface area contributed by atoms with Gasteiger partial charge in [0.05, 0.1) is 10.0 Å². The number of benzene rings is 1. The molecular formula is C8H2Cl2F4O. The molecule has 0 spiro atoms. The lowest BCUT2D eigenvalue weighted by Crippen LogP contribution is -2.23. The molecule has 0 aliphatic carbocycles. The molecule has 0 bridgehead atoms. The lowest BCUT2D eigenvalue weighted by atomic mass is 10.1. The van der Waals surface area contributed by atoms with Crippen molar-refractivity contribution >= 4 is 29.0 Å². The van der Waals surface area contributed by atoms with Gasteiger partial charge in [0, 0.05) is 5.56 Å². The molecule has 0 radical (unpaired) electrons. The van der Waals surface area contributed by atoms with Crippen molar-refractivity contribution in [2.75, 3.05) is 0 Å². The van der Waals surface area contributed by atoms with Crippen LogP contribution in [0.1, 0.15) is 10.4 Å². The molecule has 1 nitrogen and oxygen atoms in total. The Hall–Kier alpha value is -0.810. The number of rotatable bonds is 1. The summed E-state index contributed by atoms with van der Waals surface area (Å²) in [5.74, 6) is -3.34. The van der Waals surface area contributed by atoms with Gasteiger partial charge in [0.2, 0.25) is 0 Å². The predicted molar refractivity (Wildman–Crippen MR) is 46.8 cm³/mol. The van der Waals surface area contributed by atoms with Crippen LogP contribution in [-0.4, -0.2) is 12.0 Å². The van der Waals surface area contributed by atoms with Crippen molar-refractivity contribution < 1.29 is 22.4 Å². The normalized spacial score (nSPS) is 11.6. The number of halogens is 6. The van der Waals surface area contributed by atoms with Gasteiger partial charge in [0.15, 0.2) is 0 Å². The first-order chi connectivity index (χ1) is 6.73. The van der Waals surface area contributed by atoms with E-state index in [0.717, 1.165) is 6.07 Å². The fourth-order valence-electron chi connectivity index (χ4n) is 0.849. The quantitative estimate of drug-likeness (QED) is 0.426. The summed E-state index contributed by atoms with van der Waals surface area (Å²) in [5.41, 5.74) is -0.953. The highest BCUT2D eigenvalue weighted by atomic mass is 35.5. The van der Waals surface area contributed by atoms with Gasteiger partial charge in [0.25, 0.3) is 5.78 Å². The van der Waals surface area contributed by atoms with E-state index in [2.05, 4.69) is 0 Å². The van der Waals surface area contributed by atoms with Gasteiger partial charge in [-0.15, -0.1) is 0 Å². The smallest absolute Gasteiger partial charge is 0.284 e. The minimum Gasteiger partial charge on any atom is -0.284 e. The van der Waals surface area contributed by atoms with E-state index in [9.17, 15) is 22.4 Å². The molecule has 0 saturated heterocycles. The maximum atomic E-state index is 12.8. The third kappa shape index (κ3) is 2.60. The summed E-state index contributed by atoms with van der Waals surface area (Å²) in [5, 5.41) is -0.984. The molecule has 1 aromatic carbocycles. The molecule has 0 aromatic heterocycles. The molecule has 0 aliphatic rings. The van der Waals surface area contributed by atoms with Crippen LogP contribution in [0.3, 0.4) is 0 Å². The average molecular weight is 261 g/mol. The summed E-state index contributed by atoms with van der Waals surface area (Å²) < 4.78 is 48.7. The van der Waals surface area contributed by atoms with Gasteiger partial charge in [0.1, 0.15) is 5.82 Å². The van der Waals surface area contributed by atoms with Crippen LogP contribution < -0.4 is 0 Å². The van der Waals surface area contributed by atoms with Crippen molar-refractivity contribution in [2.24, 2.45) is 0 Å². The molecule has 1 rings (SSSR count). The second-order valence-electron chi connectivity index (χ2n) is 2.57. The summed E-state index contributed by atoms with van der Waals surface area (Å²) >= 11 is 10.6. The van der Waals surface area contributed by atoms with Crippen molar-refractivity contribution in [3.05, 3.63) is 33.6 Å². The number of Topliss-reactive ketones (excluding diaryl/α,β-unsaturated/α-hetero) is 1. The highest BCUT2D eigenvalue weighted by Gasteiger charge is 2.40. The fourth-order valence-corrected chi connectivity index (χ4v) is 1.32. The summed E-state index contributed by atoms with van der Waals surface area (Å²) in [6.07, 6.45) is -5.09. The van der Waals surface area contributed by atoms with Gasteiger partial charge in [-0.1, -0.05) is 23.2 Å². The number of hydrogen-bond acceptors (Lipinski definition) is 1. The van der Waals surface area contributed by atoms with Crippen LogP contribution in [0.2, 0.25) is 10.0 Å². The zero-order valence-corrected chi connectivity index (χ0v) is 8.34. The molecule has 0 N–H and O–H groups in total. The Morgan fingerprint density at radius 1 is 1.13 bits per heavy atom. The van der Waals surface area contributed by atoms with E-state index in [0.29, 0.717) is 6.07 Å². The lowest BCUT2D eigenvalue weighted by molar-refractivity contribution is -0.0885. The van der Waals surface area contributed by atoms with Crippen LogP contribution in [0.25, 0.3) is 0 Å². The summed E-state index contributed by atoms with van der Waals surface area (Å²) in [7, 11) is 0. The van der Waals surface area contributed by atoms with E-state index in [1.807, 2.05) is 0 Å². The topological polar surface area (TPSA) is 17.1 Å². The Morgan fingerprint density at radius 3 is 2.13 bits per heavy atom. The fraction of sp³-hybridized carbons (Fsp3) is 0.125. The number of carbonyl (C=O) groups is 1. The van der Waals surface area contributed by atoms with Gasteiger partial charge < -0.3 is 0 Å². The van der Waals surface area contributed by atoms with E-state index in [1.54, 1.807) is 0 Å². The van der Waals surface area contributed by atoms with Gasteiger partial charge >= 0.3 is 6.18 Å². The first kappa shape index (κ1) is 12.3. The molecule has 7 heteroatoms. The predicted octanol–water partition coefficient (Wildman–Crippen LogP) is 3.88. The van der Waals surface area contributed by atoms with Crippen LogP contribution in [0.15, 0.2) is 12.1 Å². The highest BCUT2D eigenvalue weighted by Crippen LogP contribution is 2.29. The maximum Gasteiger partial charge on any atom is 0.454 e. The van der Waals surface area contributed by atoms with Crippen molar-refractivity contribution in [1.29, 1.82) is 0 Å². The lowest BCUT2D eigenvalue weighted by Gasteiger charge is -2.07. The number of hydrogen-bond donors (Lipinski definition) is 0. The third-order valence-corrected chi connectivity index (χ3v) is 2.11. The zero-order valence-electron chi connectivity index (χ0n) is 6.83. The Kier molecular flexibility index (Phi) is 3.25. The van der Waals surface area contributed by atoms with E-state index in [1.165, 1.54) is 0 Å². The Bertz CT molecular complexity index is 414. The molecule has 0 fully saturated rings. The van der Waals surface area contributed by atoms with Gasteiger partial charge in [-0.2, -0.15) is 13.2 Å². The van der Waals surface area contributed by atoms with Gasteiger partial charge in [-0.3, -0.25) is 4.79 Å².